The van der Waals surface area contributed by atoms with Crippen LogP contribution in [0.3, 0.4) is 0 Å². The van der Waals surface area contributed by atoms with Crippen molar-refractivity contribution in [1.82, 2.24) is 25.1 Å². The van der Waals surface area contributed by atoms with Crippen LogP contribution in [0.1, 0.15) is 42.6 Å². The lowest BCUT2D eigenvalue weighted by atomic mass is 9.91. The van der Waals surface area contributed by atoms with Gasteiger partial charge in [-0.3, -0.25) is 10.2 Å². The second-order valence-electron chi connectivity index (χ2n) is 7.71. The van der Waals surface area contributed by atoms with Crippen molar-refractivity contribution < 1.29 is 9.53 Å². The predicted octanol–water partition coefficient (Wildman–Crippen LogP) is 1.40. The SMILES string of the molecule is CC(=O)NN1CCC(c2nc3cc(C)ccn3c2C[C@H]2CNCCO2)CC1. The lowest BCUT2D eigenvalue weighted by molar-refractivity contribution is -0.124. The number of hydrogen-bond acceptors (Lipinski definition) is 5. The fourth-order valence-corrected chi connectivity index (χ4v) is 4.20. The fraction of sp³-hybridized carbons (Fsp3) is 0.600. The van der Waals surface area contributed by atoms with Crippen molar-refractivity contribution in [3.05, 3.63) is 35.3 Å². The zero-order valence-corrected chi connectivity index (χ0v) is 16.2. The number of carbonyl (C=O) groups is 1. The highest BCUT2D eigenvalue weighted by Gasteiger charge is 2.28. The molecule has 2 aromatic rings. The van der Waals surface area contributed by atoms with Gasteiger partial charge < -0.3 is 14.5 Å². The van der Waals surface area contributed by atoms with Gasteiger partial charge in [-0.25, -0.2) is 9.99 Å². The summed E-state index contributed by atoms with van der Waals surface area (Å²) in [5.74, 6) is 0.418. The first-order chi connectivity index (χ1) is 13.1. The molecule has 2 saturated heterocycles. The van der Waals surface area contributed by atoms with E-state index in [1.54, 1.807) is 6.92 Å². The highest BCUT2D eigenvalue weighted by Crippen LogP contribution is 2.31. The molecule has 2 aliphatic heterocycles. The molecule has 4 heterocycles. The number of nitrogens with zero attached hydrogens (tertiary/aromatic N) is 3. The quantitative estimate of drug-likeness (QED) is 0.850. The van der Waals surface area contributed by atoms with Crippen LogP contribution in [-0.4, -0.2) is 59.2 Å². The minimum Gasteiger partial charge on any atom is -0.375 e. The van der Waals surface area contributed by atoms with Gasteiger partial charge in [0.25, 0.3) is 0 Å². The van der Waals surface area contributed by atoms with Crippen LogP contribution in [0.2, 0.25) is 0 Å². The van der Waals surface area contributed by atoms with Crippen LogP contribution in [0, 0.1) is 6.92 Å². The van der Waals surface area contributed by atoms with E-state index in [0.717, 1.165) is 57.7 Å². The van der Waals surface area contributed by atoms with Crippen LogP contribution in [0.4, 0.5) is 0 Å². The van der Waals surface area contributed by atoms with Gasteiger partial charge in [0.15, 0.2) is 0 Å². The van der Waals surface area contributed by atoms with Gasteiger partial charge in [-0.1, -0.05) is 0 Å². The van der Waals surface area contributed by atoms with E-state index in [4.69, 9.17) is 9.72 Å². The summed E-state index contributed by atoms with van der Waals surface area (Å²) in [5.41, 5.74) is 7.63. The van der Waals surface area contributed by atoms with Crippen LogP contribution < -0.4 is 10.7 Å². The molecule has 0 saturated carbocycles. The Morgan fingerprint density at radius 1 is 1.41 bits per heavy atom. The van der Waals surface area contributed by atoms with E-state index in [-0.39, 0.29) is 12.0 Å². The Hall–Kier alpha value is -1.96. The molecule has 0 aromatic carbocycles. The van der Waals surface area contributed by atoms with E-state index in [9.17, 15) is 4.79 Å². The number of fused-ring (bicyclic) bond motifs is 1. The van der Waals surface area contributed by atoms with Gasteiger partial charge >= 0.3 is 0 Å². The van der Waals surface area contributed by atoms with Crippen molar-refractivity contribution in [3.8, 4) is 0 Å². The lowest BCUT2D eigenvalue weighted by Crippen LogP contribution is -2.45. The minimum atomic E-state index is -0.000656. The number of carbonyl (C=O) groups excluding carboxylic acids is 1. The van der Waals surface area contributed by atoms with Crippen LogP contribution in [-0.2, 0) is 16.0 Å². The second kappa shape index (κ2) is 7.96. The van der Waals surface area contributed by atoms with E-state index in [1.807, 2.05) is 5.01 Å². The standard InChI is InChI=1S/C20H29N5O2/c1-14-3-9-25-18(12-17-13-21-6-10-27-17)20(22-19(25)11-14)16-4-7-24(8-5-16)23-15(2)26/h3,9,11,16-17,21H,4-8,10,12-13H2,1-2H3,(H,23,26)/t17-/m0/s1. The van der Waals surface area contributed by atoms with Crippen LogP contribution in [0.15, 0.2) is 18.3 Å². The Morgan fingerprint density at radius 2 is 2.22 bits per heavy atom. The molecule has 2 aliphatic rings. The Labute approximate surface area is 160 Å². The zero-order chi connectivity index (χ0) is 18.8. The number of ether oxygens (including phenoxy) is 1. The Bertz CT molecular complexity index is 804. The van der Waals surface area contributed by atoms with Crippen molar-refractivity contribution in [2.24, 2.45) is 0 Å². The van der Waals surface area contributed by atoms with E-state index in [1.165, 1.54) is 17.0 Å². The Morgan fingerprint density at radius 3 is 2.93 bits per heavy atom. The molecule has 0 radical (unpaired) electrons. The summed E-state index contributed by atoms with van der Waals surface area (Å²) in [5, 5.41) is 5.45. The first-order valence-electron chi connectivity index (χ1n) is 9.92. The molecule has 2 aromatic heterocycles. The van der Waals surface area contributed by atoms with Crippen LogP contribution in [0.25, 0.3) is 5.65 Å². The van der Waals surface area contributed by atoms with E-state index in [0.29, 0.717) is 5.92 Å². The number of imidazole rings is 1. The number of rotatable bonds is 4. The monoisotopic (exact) mass is 371 g/mol. The number of aromatic nitrogens is 2. The van der Waals surface area contributed by atoms with Gasteiger partial charge in [-0.15, -0.1) is 0 Å². The molecule has 2 N–H and O–H groups in total. The van der Waals surface area contributed by atoms with Crippen molar-refractivity contribution in [1.29, 1.82) is 0 Å². The first-order valence-corrected chi connectivity index (χ1v) is 9.92. The van der Waals surface area contributed by atoms with Gasteiger partial charge in [0.05, 0.1) is 18.4 Å². The number of hydrogen-bond donors (Lipinski definition) is 2. The number of aryl methyl sites for hydroxylation is 1. The second-order valence-corrected chi connectivity index (χ2v) is 7.71. The molecular weight excluding hydrogens is 342 g/mol. The number of piperidine rings is 1. The molecule has 146 valence electrons. The number of nitrogens with one attached hydrogen (secondary N) is 2. The molecular formula is C20H29N5O2. The number of pyridine rings is 1. The topological polar surface area (TPSA) is 70.9 Å². The van der Waals surface area contributed by atoms with Gasteiger partial charge in [0.2, 0.25) is 5.91 Å². The number of morpholine rings is 1. The van der Waals surface area contributed by atoms with Crippen molar-refractivity contribution in [2.45, 2.75) is 45.1 Å². The minimum absolute atomic E-state index is 0.000656. The predicted molar refractivity (Wildman–Crippen MR) is 104 cm³/mol. The average Bonchev–Trinajstić information content (AvgIpc) is 3.00. The maximum Gasteiger partial charge on any atom is 0.231 e. The smallest absolute Gasteiger partial charge is 0.231 e. The van der Waals surface area contributed by atoms with Gasteiger partial charge in [0, 0.05) is 57.3 Å². The maximum absolute atomic E-state index is 11.3. The molecule has 7 nitrogen and oxygen atoms in total. The largest absolute Gasteiger partial charge is 0.375 e. The molecule has 1 atom stereocenters. The summed E-state index contributed by atoms with van der Waals surface area (Å²) in [7, 11) is 0. The molecule has 27 heavy (non-hydrogen) atoms. The van der Waals surface area contributed by atoms with E-state index < -0.39 is 0 Å². The fourth-order valence-electron chi connectivity index (χ4n) is 4.20. The Balaban J connectivity index is 1.59. The lowest BCUT2D eigenvalue weighted by Gasteiger charge is -2.31. The summed E-state index contributed by atoms with van der Waals surface area (Å²) in [6, 6.07) is 4.29. The third kappa shape index (κ3) is 4.15. The van der Waals surface area contributed by atoms with E-state index in [2.05, 4.69) is 40.4 Å². The van der Waals surface area contributed by atoms with Gasteiger partial charge in [-0.05, 0) is 37.5 Å². The normalized spacial score (nSPS) is 22.2. The summed E-state index contributed by atoms with van der Waals surface area (Å²) in [6.45, 7) is 7.97. The summed E-state index contributed by atoms with van der Waals surface area (Å²) >= 11 is 0. The molecule has 7 heteroatoms. The molecule has 0 spiro atoms. The highest BCUT2D eigenvalue weighted by atomic mass is 16.5. The molecule has 0 bridgehead atoms. The van der Waals surface area contributed by atoms with Crippen LogP contribution in [0.5, 0.6) is 0 Å². The molecule has 1 amide bonds. The first kappa shape index (κ1) is 18.4. The maximum atomic E-state index is 11.3. The van der Waals surface area contributed by atoms with Crippen molar-refractivity contribution in [3.63, 3.8) is 0 Å². The summed E-state index contributed by atoms with van der Waals surface area (Å²) < 4.78 is 8.20. The number of amides is 1. The van der Waals surface area contributed by atoms with Gasteiger partial charge in [0.1, 0.15) is 5.65 Å². The summed E-state index contributed by atoms with van der Waals surface area (Å²) in [6.07, 6.45) is 5.20. The van der Waals surface area contributed by atoms with Crippen LogP contribution >= 0.6 is 0 Å². The molecule has 0 aliphatic carbocycles. The molecule has 4 rings (SSSR count). The Kier molecular flexibility index (Phi) is 5.43. The zero-order valence-electron chi connectivity index (χ0n) is 16.2. The highest BCUT2D eigenvalue weighted by molar-refractivity contribution is 5.72. The third-order valence-electron chi connectivity index (χ3n) is 5.53. The van der Waals surface area contributed by atoms with E-state index >= 15 is 0 Å². The van der Waals surface area contributed by atoms with Crippen molar-refractivity contribution >= 4 is 11.6 Å². The average molecular weight is 371 g/mol. The summed E-state index contributed by atoms with van der Waals surface area (Å²) in [4.78, 5) is 16.3. The number of hydrazine groups is 1. The molecule has 0 unspecified atom stereocenters. The van der Waals surface area contributed by atoms with Crippen molar-refractivity contribution in [2.75, 3.05) is 32.8 Å². The third-order valence-corrected chi connectivity index (χ3v) is 5.53. The van der Waals surface area contributed by atoms with Gasteiger partial charge in [-0.2, -0.15) is 0 Å². The molecule has 2 fully saturated rings.